The second-order valence-electron chi connectivity index (χ2n) is 15.7. The first-order chi connectivity index (χ1) is 28.8. The highest BCUT2D eigenvalue weighted by atomic mass is 16.6. The van der Waals surface area contributed by atoms with Crippen LogP contribution in [0.4, 0.5) is 5.95 Å². The Hall–Kier alpha value is -4.50. The second-order valence-corrected chi connectivity index (χ2v) is 15.7. The average Bonchev–Trinajstić information content (AvgIpc) is 3.85. The van der Waals surface area contributed by atoms with E-state index in [0.717, 1.165) is 50.6 Å². The van der Waals surface area contributed by atoms with Gasteiger partial charge in [-0.25, -0.2) is 14.5 Å². The van der Waals surface area contributed by atoms with Crippen molar-refractivity contribution in [3.05, 3.63) is 53.9 Å². The van der Waals surface area contributed by atoms with Crippen LogP contribution in [0.1, 0.15) is 67.4 Å². The molecule has 16 nitrogen and oxygen atoms in total. The van der Waals surface area contributed by atoms with Crippen molar-refractivity contribution in [1.29, 1.82) is 5.41 Å². The van der Waals surface area contributed by atoms with Gasteiger partial charge >= 0.3 is 0 Å². The molecule has 0 aliphatic carbocycles. The fourth-order valence-electron chi connectivity index (χ4n) is 8.56. The van der Waals surface area contributed by atoms with Crippen molar-refractivity contribution in [1.82, 2.24) is 25.5 Å². The lowest BCUT2D eigenvalue weighted by Gasteiger charge is -2.42. The molecule has 3 unspecified atom stereocenters. The van der Waals surface area contributed by atoms with Gasteiger partial charge in [-0.2, -0.15) is 5.41 Å². The van der Waals surface area contributed by atoms with E-state index >= 15 is 0 Å². The Bertz CT molecular complexity index is 1710. The van der Waals surface area contributed by atoms with Crippen LogP contribution in [-0.2, 0) is 28.5 Å². The van der Waals surface area contributed by atoms with Gasteiger partial charge in [0.1, 0.15) is 6.61 Å². The van der Waals surface area contributed by atoms with Gasteiger partial charge < -0.3 is 45.0 Å². The number of carbonyl (C=O) groups is 2. The first kappa shape index (κ1) is 44.1. The molecular weight excluding hydrogens is 755 g/mol. The quantitative estimate of drug-likeness (QED) is 0.0421. The topological polar surface area (TPSA) is 189 Å². The van der Waals surface area contributed by atoms with Crippen molar-refractivity contribution in [3.8, 4) is 12.3 Å². The summed E-state index contributed by atoms with van der Waals surface area (Å²) in [6.45, 7) is 8.80. The number of nitrogens with zero attached hydrogens (tertiary/aromatic N) is 5. The number of amides is 2. The number of anilines is 1. The second kappa shape index (κ2) is 22.8. The van der Waals surface area contributed by atoms with Gasteiger partial charge in [-0.3, -0.25) is 14.5 Å². The van der Waals surface area contributed by atoms with Gasteiger partial charge in [0.2, 0.25) is 17.7 Å². The molecule has 59 heavy (non-hydrogen) atoms. The maximum absolute atomic E-state index is 13.1. The summed E-state index contributed by atoms with van der Waals surface area (Å²) in [5.74, 6) is 3.85. The fourth-order valence-corrected chi connectivity index (χ4v) is 8.56. The Labute approximate surface area is 348 Å². The largest absolute Gasteiger partial charge is 0.381 e. The number of carbonyl (C=O) groups excluding carboxylic acids is 2. The number of terminal acetylenes is 1. The van der Waals surface area contributed by atoms with Crippen LogP contribution in [-0.4, -0.2) is 153 Å². The van der Waals surface area contributed by atoms with Crippen LogP contribution in [0, 0.1) is 29.6 Å². The molecule has 4 saturated heterocycles. The Morgan fingerprint density at radius 2 is 1.61 bits per heavy atom. The van der Waals surface area contributed by atoms with Crippen molar-refractivity contribution in [2.45, 2.75) is 69.6 Å². The molecule has 0 saturated carbocycles. The van der Waals surface area contributed by atoms with Crippen LogP contribution in [0.25, 0.3) is 0 Å². The molecule has 16 heteroatoms. The molecule has 2 amide bonds. The number of fused-ring (bicyclic) bond motifs is 2. The van der Waals surface area contributed by atoms with Gasteiger partial charge in [-0.1, -0.05) is 36.3 Å². The molecule has 4 aliphatic rings. The van der Waals surface area contributed by atoms with Crippen molar-refractivity contribution in [3.63, 3.8) is 0 Å². The number of rotatable bonds is 23. The lowest BCUT2D eigenvalue weighted by Crippen LogP contribution is -2.57. The lowest BCUT2D eigenvalue weighted by atomic mass is 9.92. The van der Waals surface area contributed by atoms with E-state index < -0.39 is 0 Å². The highest BCUT2D eigenvalue weighted by molar-refractivity contribution is 5.93. The smallest absolute Gasteiger partial charge is 0.254 e. The summed E-state index contributed by atoms with van der Waals surface area (Å²) < 4.78 is 29.1. The summed E-state index contributed by atoms with van der Waals surface area (Å²) >= 11 is 0. The number of nitrogens with one attached hydrogen (secondary N) is 3. The van der Waals surface area contributed by atoms with Crippen molar-refractivity contribution in [2.24, 2.45) is 17.6 Å². The molecule has 320 valence electrons. The molecule has 2 bridgehead atoms. The SMILES string of the molecule is C#CCOCCOCCOCCOCCNC(=O)c1cnc(N2CC(C(=N)[N+](=C(C)N)C3CC4CCC(C3)N4CC[C@H](NC(=O)C3CCOC3)c3ccccc3)C2)nc1. The third-order valence-corrected chi connectivity index (χ3v) is 11.6. The molecule has 4 atom stereocenters. The normalized spacial score (nSPS) is 22.6. The van der Waals surface area contributed by atoms with Gasteiger partial charge in [0.25, 0.3) is 5.91 Å². The fraction of sp³-hybridized carbons (Fsp3) is 0.628. The summed E-state index contributed by atoms with van der Waals surface area (Å²) in [5.41, 5.74) is 8.02. The van der Waals surface area contributed by atoms with E-state index in [0.29, 0.717) is 114 Å². The molecule has 0 spiro atoms. The zero-order valence-corrected chi connectivity index (χ0v) is 34.4. The van der Waals surface area contributed by atoms with Crippen LogP contribution in [0.3, 0.4) is 0 Å². The minimum atomic E-state index is -0.273. The molecule has 1 aromatic heterocycles. The van der Waals surface area contributed by atoms with Gasteiger partial charge in [-0.15, -0.1) is 6.42 Å². The minimum absolute atomic E-state index is 0.000341. The lowest BCUT2D eigenvalue weighted by molar-refractivity contribution is -0.471. The third-order valence-electron chi connectivity index (χ3n) is 11.6. The molecule has 6 rings (SSSR count). The van der Waals surface area contributed by atoms with Crippen LogP contribution in [0.15, 0.2) is 42.7 Å². The number of nitrogens with two attached hydrogens (primary N) is 1. The number of aromatic nitrogens is 2. The van der Waals surface area contributed by atoms with E-state index in [1.165, 1.54) is 12.4 Å². The van der Waals surface area contributed by atoms with Gasteiger partial charge in [0.15, 0.2) is 5.84 Å². The molecule has 4 fully saturated rings. The number of benzene rings is 1. The predicted molar refractivity (Wildman–Crippen MR) is 222 cm³/mol. The first-order valence-electron chi connectivity index (χ1n) is 21.1. The molecular formula is C43H62N9O7+. The number of hydrogen-bond donors (Lipinski definition) is 4. The molecule has 1 aromatic carbocycles. The van der Waals surface area contributed by atoms with Gasteiger partial charge in [0.05, 0.1) is 82.3 Å². The maximum Gasteiger partial charge on any atom is 0.254 e. The predicted octanol–water partition coefficient (Wildman–Crippen LogP) is 1.99. The zero-order chi connectivity index (χ0) is 41.4. The third kappa shape index (κ3) is 12.5. The van der Waals surface area contributed by atoms with E-state index in [4.69, 9.17) is 35.8 Å². The van der Waals surface area contributed by atoms with Crippen LogP contribution in [0.2, 0.25) is 0 Å². The van der Waals surface area contributed by atoms with Crippen molar-refractivity contribution in [2.75, 3.05) is 97.1 Å². The summed E-state index contributed by atoms with van der Waals surface area (Å²) in [6, 6.07) is 11.2. The maximum atomic E-state index is 13.1. The monoisotopic (exact) mass is 816 g/mol. The summed E-state index contributed by atoms with van der Waals surface area (Å²) in [4.78, 5) is 39.3. The summed E-state index contributed by atoms with van der Waals surface area (Å²) in [6.07, 6.45) is 13.9. The minimum Gasteiger partial charge on any atom is -0.381 e. The number of piperidine rings is 1. The standard InChI is InChI=1S/C43H61N9O7/c1-3-15-55-18-20-57-22-23-58-21-19-56-17-13-46-41(53)34-26-47-43(48-27-34)50-28-35(29-50)40(45)52(31(2)44)38-24-36-9-10-37(25-38)51(36)14-11-39(32-7-5-4-6-8-32)49-42(54)33-12-16-59-30-33/h1,4-8,26-27,33,35-39,44-45H,9-25,28-30H2,2H3,(H2,46,49,53,54)/p+1/t33?,36?,37?,38?,39-/m0/s1. The van der Waals surface area contributed by atoms with Crippen LogP contribution < -0.4 is 21.3 Å². The molecule has 5 N–H and O–H groups in total. The Kier molecular flexibility index (Phi) is 17.0. The highest BCUT2D eigenvalue weighted by Crippen LogP contribution is 2.38. The Morgan fingerprint density at radius 1 is 0.966 bits per heavy atom. The molecule has 4 aliphatic heterocycles. The van der Waals surface area contributed by atoms with Gasteiger partial charge in [0, 0.05) is 64.2 Å². The first-order valence-corrected chi connectivity index (χ1v) is 21.1. The zero-order valence-electron chi connectivity index (χ0n) is 34.4. The van der Waals surface area contributed by atoms with E-state index in [1.54, 1.807) is 0 Å². The molecule has 5 heterocycles. The Balaban J connectivity index is 0.894. The highest BCUT2D eigenvalue weighted by Gasteiger charge is 2.46. The van der Waals surface area contributed by atoms with E-state index in [9.17, 15) is 15.0 Å². The van der Waals surface area contributed by atoms with Crippen LogP contribution >= 0.6 is 0 Å². The van der Waals surface area contributed by atoms with Crippen molar-refractivity contribution < 1.29 is 37.8 Å². The van der Waals surface area contributed by atoms with E-state index in [-0.39, 0.29) is 42.3 Å². The summed E-state index contributed by atoms with van der Waals surface area (Å²) in [5, 5.41) is 15.4. The van der Waals surface area contributed by atoms with E-state index in [1.807, 2.05) is 30.0 Å². The van der Waals surface area contributed by atoms with E-state index in [2.05, 4.69) is 48.1 Å². The summed E-state index contributed by atoms with van der Waals surface area (Å²) in [7, 11) is 0. The molecule has 0 radical (unpaired) electrons. The number of ether oxygens (including phenoxy) is 5. The van der Waals surface area contributed by atoms with Crippen LogP contribution in [0.5, 0.6) is 0 Å². The number of amidine groups is 2. The molecule has 2 aromatic rings. The number of hydrogen-bond acceptors (Lipinski definition) is 12. The van der Waals surface area contributed by atoms with Gasteiger partial charge in [-0.05, 0) is 44.1 Å². The average molecular weight is 817 g/mol. The van der Waals surface area contributed by atoms with Crippen molar-refractivity contribution >= 4 is 29.4 Å². The Morgan fingerprint density at radius 3 is 2.22 bits per heavy atom.